The van der Waals surface area contributed by atoms with Crippen LogP contribution in [0.1, 0.15) is 18.6 Å². The van der Waals surface area contributed by atoms with Gasteiger partial charge in [-0.15, -0.1) is 0 Å². The van der Waals surface area contributed by atoms with E-state index in [1.165, 1.54) is 12.1 Å². The highest BCUT2D eigenvalue weighted by atomic mass is 19.1. The zero-order chi connectivity index (χ0) is 13.1. The third-order valence-corrected chi connectivity index (χ3v) is 2.61. The molecule has 5 nitrogen and oxygen atoms in total. The summed E-state index contributed by atoms with van der Waals surface area (Å²) in [5.41, 5.74) is 0.480. The quantitative estimate of drug-likeness (QED) is 0.852. The van der Waals surface area contributed by atoms with Crippen LogP contribution in [0.25, 0.3) is 0 Å². The highest BCUT2D eigenvalue weighted by molar-refractivity contribution is 5.69. The topological polar surface area (TPSA) is 67.8 Å². The monoisotopic (exact) mass is 255 g/mol. The van der Waals surface area contributed by atoms with Crippen LogP contribution in [-0.2, 0) is 4.74 Å². The summed E-state index contributed by atoms with van der Waals surface area (Å²) in [6.45, 7) is 1.99. The van der Waals surface area contributed by atoms with Gasteiger partial charge in [0.05, 0.1) is 12.6 Å². The predicted octanol–water partition coefficient (Wildman–Crippen LogP) is 1.37. The highest BCUT2D eigenvalue weighted by Gasteiger charge is 2.23. The van der Waals surface area contributed by atoms with Crippen molar-refractivity contribution in [3.8, 4) is 5.75 Å². The number of carbonyl (C=O) groups excluding carboxylic acids is 1. The van der Waals surface area contributed by atoms with Gasteiger partial charge in [-0.3, -0.25) is 0 Å². The molecule has 1 aromatic rings. The summed E-state index contributed by atoms with van der Waals surface area (Å²) in [6, 6.07) is 4.25. The first-order valence-corrected chi connectivity index (χ1v) is 5.61. The number of rotatable bonds is 4. The fraction of sp³-hybridized carbons (Fsp3) is 0.417. The Balaban J connectivity index is 1.95. The van der Waals surface area contributed by atoms with Gasteiger partial charge in [0, 0.05) is 0 Å². The molecule has 1 aromatic carbocycles. The largest absolute Gasteiger partial charge is 0.487 e. The van der Waals surface area contributed by atoms with Crippen LogP contribution >= 0.6 is 0 Å². The van der Waals surface area contributed by atoms with E-state index in [0.29, 0.717) is 12.1 Å². The lowest BCUT2D eigenvalue weighted by molar-refractivity contribution is 0.103. The molecule has 18 heavy (non-hydrogen) atoms. The smallest absolute Gasteiger partial charge is 0.407 e. The van der Waals surface area contributed by atoms with E-state index in [1.54, 1.807) is 13.0 Å². The van der Waals surface area contributed by atoms with Crippen molar-refractivity contribution in [3.05, 3.63) is 29.6 Å². The number of benzene rings is 1. The van der Waals surface area contributed by atoms with Crippen LogP contribution in [0, 0.1) is 5.82 Å². The number of halogens is 1. The number of amides is 1. The number of carbonyl (C=O) groups is 1. The molecule has 1 heterocycles. The zero-order valence-corrected chi connectivity index (χ0v) is 9.85. The number of hydrogen-bond acceptors (Lipinski definition) is 4. The van der Waals surface area contributed by atoms with E-state index in [-0.39, 0.29) is 12.4 Å². The maximum absolute atomic E-state index is 13.6. The maximum Gasteiger partial charge on any atom is 0.407 e. The minimum atomic E-state index is -0.728. The van der Waals surface area contributed by atoms with Crippen molar-refractivity contribution in [1.82, 2.24) is 5.32 Å². The highest BCUT2D eigenvalue weighted by Crippen LogP contribution is 2.22. The zero-order valence-electron chi connectivity index (χ0n) is 9.85. The van der Waals surface area contributed by atoms with E-state index < -0.39 is 24.1 Å². The van der Waals surface area contributed by atoms with Crippen LogP contribution < -0.4 is 10.1 Å². The number of alkyl carbamates (subject to hydrolysis) is 1. The summed E-state index contributed by atoms with van der Waals surface area (Å²) in [5.74, 6) is -0.479. The molecule has 0 radical (unpaired) electrons. The molecule has 0 aliphatic carbocycles. The van der Waals surface area contributed by atoms with Gasteiger partial charge in [-0.05, 0) is 24.6 Å². The third-order valence-electron chi connectivity index (χ3n) is 2.61. The summed E-state index contributed by atoms with van der Waals surface area (Å²) < 4.78 is 23.7. The van der Waals surface area contributed by atoms with E-state index in [4.69, 9.17) is 9.47 Å². The fourth-order valence-electron chi connectivity index (χ4n) is 1.60. The Morgan fingerprint density at radius 3 is 3.00 bits per heavy atom. The molecule has 2 N–H and O–H groups in total. The van der Waals surface area contributed by atoms with Crippen molar-refractivity contribution >= 4 is 6.09 Å². The van der Waals surface area contributed by atoms with Crippen LogP contribution in [0.3, 0.4) is 0 Å². The lowest BCUT2D eigenvalue weighted by atomic mass is 10.1. The lowest BCUT2D eigenvalue weighted by Gasteiger charge is -2.12. The lowest BCUT2D eigenvalue weighted by Crippen LogP contribution is -2.22. The Morgan fingerprint density at radius 1 is 1.67 bits per heavy atom. The van der Waals surface area contributed by atoms with Gasteiger partial charge < -0.3 is 19.9 Å². The van der Waals surface area contributed by atoms with E-state index in [2.05, 4.69) is 5.32 Å². The summed E-state index contributed by atoms with van der Waals surface area (Å²) in [7, 11) is 0. The van der Waals surface area contributed by atoms with Crippen molar-refractivity contribution in [2.45, 2.75) is 19.1 Å². The molecule has 0 spiro atoms. The van der Waals surface area contributed by atoms with Gasteiger partial charge in [-0.2, -0.15) is 0 Å². The van der Waals surface area contributed by atoms with Gasteiger partial charge in [0.15, 0.2) is 17.7 Å². The second kappa shape index (κ2) is 5.22. The maximum atomic E-state index is 13.6. The van der Waals surface area contributed by atoms with Crippen LogP contribution in [-0.4, -0.2) is 30.5 Å². The van der Waals surface area contributed by atoms with E-state index in [0.717, 1.165) is 0 Å². The predicted molar refractivity (Wildman–Crippen MR) is 60.8 cm³/mol. The summed E-state index contributed by atoms with van der Waals surface area (Å²) >= 11 is 0. The first-order valence-electron chi connectivity index (χ1n) is 5.61. The Hall–Kier alpha value is -1.82. The Kier molecular flexibility index (Phi) is 3.66. The average Bonchev–Trinajstić information content (AvgIpc) is 2.73. The summed E-state index contributed by atoms with van der Waals surface area (Å²) in [6.07, 6.45) is -1.63. The van der Waals surface area contributed by atoms with E-state index in [9.17, 15) is 14.3 Å². The number of ether oxygens (including phenoxy) is 2. The van der Waals surface area contributed by atoms with Crippen molar-refractivity contribution in [1.29, 1.82) is 0 Å². The Bertz CT molecular complexity index is 450. The van der Waals surface area contributed by atoms with Crippen LogP contribution in [0.4, 0.5) is 9.18 Å². The Labute approximate surface area is 104 Å². The van der Waals surface area contributed by atoms with Crippen molar-refractivity contribution in [2.75, 3.05) is 13.2 Å². The Morgan fingerprint density at radius 2 is 2.44 bits per heavy atom. The molecule has 1 unspecified atom stereocenters. The molecule has 6 heteroatoms. The normalized spacial score (nSPS) is 20.2. The molecular formula is C12H14FNO4. The number of aliphatic hydroxyl groups excluding tert-OH is 1. The third kappa shape index (κ3) is 2.89. The minimum absolute atomic E-state index is 0.0716. The van der Waals surface area contributed by atoms with Crippen molar-refractivity contribution < 1.29 is 23.8 Å². The van der Waals surface area contributed by atoms with Gasteiger partial charge >= 0.3 is 6.09 Å². The number of nitrogens with one attached hydrogen (secondary N) is 1. The molecule has 2 rings (SSSR count). The fourth-order valence-corrected chi connectivity index (χ4v) is 1.60. The molecule has 1 aliphatic heterocycles. The molecule has 1 fully saturated rings. The first kappa shape index (κ1) is 12.6. The molecule has 1 amide bonds. The number of aliphatic hydroxyl groups is 1. The van der Waals surface area contributed by atoms with E-state index in [1.807, 2.05) is 0 Å². The molecule has 1 saturated heterocycles. The van der Waals surface area contributed by atoms with Crippen LogP contribution in [0.5, 0.6) is 5.75 Å². The average molecular weight is 255 g/mol. The standard InChI is InChI=1S/C12H14FNO4/c1-7(15)8-2-3-11(10(13)4-8)17-6-9-5-14-12(16)18-9/h2-4,7,9,15H,5-6H2,1H3,(H,14,16)/t7-,9?/m1/s1. The summed E-state index contributed by atoms with van der Waals surface area (Å²) in [5, 5.41) is 11.8. The second-order valence-corrected chi connectivity index (χ2v) is 4.09. The van der Waals surface area contributed by atoms with Gasteiger partial charge in [-0.1, -0.05) is 6.07 Å². The number of cyclic esters (lactones) is 1. The van der Waals surface area contributed by atoms with Gasteiger partial charge in [0.1, 0.15) is 6.61 Å². The van der Waals surface area contributed by atoms with Gasteiger partial charge in [0.25, 0.3) is 0 Å². The molecule has 98 valence electrons. The molecule has 0 aromatic heterocycles. The SMILES string of the molecule is C[C@@H](O)c1ccc(OCC2CNC(=O)O2)c(F)c1. The molecule has 2 atom stereocenters. The summed E-state index contributed by atoms with van der Waals surface area (Å²) in [4.78, 5) is 10.8. The molecule has 1 aliphatic rings. The first-order chi connectivity index (χ1) is 8.56. The van der Waals surface area contributed by atoms with Crippen LogP contribution in [0.2, 0.25) is 0 Å². The van der Waals surface area contributed by atoms with Gasteiger partial charge in [-0.25, -0.2) is 9.18 Å². The molecule has 0 saturated carbocycles. The van der Waals surface area contributed by atoms with E-state index >= 15 is 0 Å². The molecule has 0 bridgehead atoms. The van der Waals surface area contributed by atoms with Gasteiger partial charge in [0.2, 0.25) is 0 Å². The minimum Gasteiger partial charge on any atom is -0.487 e. The van der Waals surface area contributed by atoms with Crippen molar-refractivity contribution in [3.63, 3.8) is 0 Å². The van der Waals surface area contributed by atoms with Crippen LogP contribution in [0.15, 0.2) is 18.2 Å². The van der Waals surface area contributed by atoms with Crippen molar-refractivity contribution in [2.24, 2.45) is 0 Å². The second-order valence-electron chi connectivity index (χ2n) is 4.09. The number of hydrogen-bond donors (Lipinski definition) is 2. The molecular weight excluding hydrogens is 241 g/mol.